The minimum atomic E-state index is 0.131. The molecule has 1 unspecified atom stereocenters. The maximum absolute atomic E-state index is 6.29. The van der Waals surface area contributed by atoms with Gasteiger partial charge in [0.25, 0.3) is 0 Å². The molecule has 0 bridgehead atoms. The lowest BCUT2D eigenvalue weighted by atomic mass is 9.99. The highest BCUT2D eigenvalue weighted by atomic mass is 32.1. The van der Waals surface area contributed by atoms with Crippen molar-refractivity contribution in [3.05, 3.63) is 57.8 Å². The van der Waals surface area contributed by atoms with Crippen LogP contribution in [0, 0.1) is 6.92 Å². The lowest BCUT2D eigenvalue weighted by Gasteiger charge is -2.20. The zero-order valence-corrected chi connectivity index (χ0v) is 12.5. The first-order valence-electron chi connectivity index (χ1n) is 6.69. The van der Waals surface area contributed by atoms with Crippen LogP contribution < -0.4 is 5.73 Å². The van der Waals surface area contributed by atoms with E-state index < -0.39 is 0 Å². The topological polar surface area (TPSA) is 29.3 Å². The maximum Gasteiger partial charge on any atom is 0.0324 e. The number of hydrogen-bond acceptors (Lipinski definition) is 3. The molecule has 1 aromatic carbocycles. The van der Waals surface area contributed by atoms with E-state index in [-0.39, 0.29) is 6.04 Å². The normalized spacial score (nSPS) is 12.8. The fourth-order valence-electron chi connectivity index (χ4n) is 2.27. The van der Waals surface area contributed by atoms with E-state index in [0.29, 0.717) is 0 Å². The molecule has 2 nitrogen and oxygen atoms in total. The van der Waals surface area contributed by atoms with E-state index in [2.05, 4.69) is 60.6 Å². The molecule has 0 aliphatic carbocycles. The van der Waals surface area contributed by atoms with Gasteiger partial charge in [0.15, 0.2) is 0 Å². The molecule has 3 heteroatoms. The van der Waals surface area contributed by atoms with Crippen molar-refractivity contribution < 1.29 is 0 Å². The van der Waals surface area contributed by atoms with Crippen LogP contribution in [0.5, 0.6) is 0 Å². The summed E-state index contributed by atoms with van der Waals surface area (Å²) < 4.78 is 0. The Morgan fingerprint density at radius 3 is 2.68 bits per heavy atom. The summed E-state index contributed by atoms with van der Waals surface area (Å²) >= 11 is 1.81. The van der Waals surface area contributed by atoms with Crippen molar-refractivity contribution in [3.8, 4) is 0 Å². The zero-order chi connectivity index (χ0) is 13.7. The summed E-state index contributed by atoms with van der Waals surface area (Å²) in [5, 5.41) is 2.13. The van der Waals surface area contributed by atoms with Gasteiger partial charge < -0.3 is 10.6 Å². The molecular weight excluding hydrogens is 252 g/mol. The van der Waals surface area contributed by atoms with Crippen LogP contribution in [0.4, 0.5) is 0 Å². The number of rotatable bonds is 6. The van der Waals surface area contributed by atoms with Crippen LogP contribution in [0.2, 0.25) is 0 Å². The van der Waals surface area contributed by atoms with Gasteiger partial charge in [0.2, 0.25) is 0 Å². The average molecular weight is 274 g/mol. The molecule has 0 saturated carbocycles. The molecule has 0 aliphatic rings. The van der Waals surface area contributed by atoms with Crippen LogP contribution in [0.3, 0.4) is 0 Å². The maximum atomic E-state index is 6.29. The monoisotopic (exact) mass is 274 g/mol. The highest BCUT2D eigenvalue weighted by molar-refractivity contribution is 7.09. The molecule has 1 heterocycles. The smallest absolute Gasteiger partial charge is 0.0324 e. The van der Waals surface area contributed by atoms with Crippen molar-refractivity contribution in [2.45, 2.75) is 25.9 Å². The quantitative estimate of drug-likeness (QED) is 0.872. The van der Waals surface area contributed by atoms with Crippen molar-refractivity contribution in [1.29, 1.82) is 0 Å². The molecule has 2 rings (SSSR count). The predicted octanol–water partition coefficient (Wildman–Crippen LogP) is 3.58. The van der Waals surface area contributed by atoms with Gasteiger partial charge in [-0.25, -0.2) is 0 Å². The SMILES string of the molecule is Cc1ccccc1C(N)CCN(C)Cc1cccs1. The molecule has 19 heavy (non-hydrogen) atoms. The summed E-state index contributed by atoms with van der Waals surface area (Å²) in [4.78, 5) is 3.75. The Morgan fingerprint density at radius 1 is 1.21 bits per heavy atom. The molecule has 102 valence electrons. The first kappa shape index (κ1) is 14.3. The summed E-state index contributed by atoms with van der Waals surface area (Å²) in [6, 6.07) is 12.8. The molecule has 1 atom stereocenters. The molecule has 0 fully saturated rings. The van der Waals surface area contributed by atoms with Crippen molar-refractivity contribution in [1.82, 2.24) is 4.90 Å². The van der Waals surface area contributed by atoms with Crippen LogP contribution in [0.1, 0.15) is 28.5 Å². The Hall–Kier alpha value is -1.16. The van der Waals surface area contributed by atoms with E-state index in [1.54, 1.807) is 0 Å². The van der Waals surface area contributed by atoms with E-state index >= 15 is 0 Å². The second-order valence-corrected chi connectivity index (χ2v) is 6.10. The van der Waals surface area contributed by atoms with Gasteiger partial charge in [0, 0.05) is 24.0 Å². The summed E-state index contributed by atoms with van der Waals surface area (Å²) in [6.07, 6.45) is 0.993. The highest BCUT2D eigenvalue weighted by Crippen LogP contribution is 2.19. The third-order valence-electron chi connectivity index (χ3n) is 3.42. The molecule has 1 aromatic heterocycles. The van der Waals surface area contributed by atoms with Crippen molar-refractivity contribution >= 4 is 11.3 Å². The molecule has 2 aromatic rings. The van der Waals surface area contributed by atoms with Gasteiger partial charge in [-0.2, -0.15) is 0 Å². The first-order valence-corrected chi connectivity index (χ1v) is 7.57. The third kappa shape index (κ3) is 4.16. The minimum Gasteiger partial charge on any atom is -0.324 e. The van der Waals surface area contributed by atoms with Gasteiger partial charge >= 0.3 is 0 Å². The molecular formula is C16H22N2S. The number of thiophene rings is 1. The first-order chi connectivity index (χ1) is 9.16. The molecule has 0 radical (unpaired) electrons. The summed E-state index contributed by atoms with van der Waals surface area (Å²) in [5.74, 6) is 0. The van der Waals surface area contributed by atoms with E-state index in [1.165, 1.54) is 16.0 Å². The fraction of sp³-hybridized carbons (Fsp3) is 0.375. The van der Waals surface area contributed by atoms with Gasteiger partial charge in [-0.15, -0.1) is 11.3 Å². The largest absolute Gasteiger partial charge is 0.324 e. The van der Waals surface area contributed by atoms with E-state index in [9.17, 15) is 0 Å². The van der Waals surface area contributed by atoms with Gasteiger partial charge in [-0.05, 0) is 43.0 Å². The van der Waals surface area contributed by atoms with Gasteiger partial charge in [-0.3, -0.25) is 0 Å². The van der Waals surface area contributed by atoms with E-state index in [4.69, 9.17) is 5.73 Å². The number of hydrogen-bond donors (Lipinski definition) is 1. The lowest BCUT2D eigenvalue weighted by Crippen LogP contribution is -2.23. The van der Waals surface area contributed by atoms with Crippen LogP contribution in [0.15, 0.2) is 41.8 Å². The molecule has 2 N–H and O–H groups in total. The number of aryl methyl sites for hydroxylation is 1. The average Bonchev–Trinajstić information content (AvgIpc) is 2.89. The minimum absolute atomic E-state index is 0.131. The lowest BCUT2D eigenvalue weighted by molar-refractivity contribution is 0.314. The van der Waals surface area contributed by atoms with Gasteiger partial charge in [0.1, 0.15) is 0 Å². The molecule has 0 aliphatic heterocycles. The Labute approximate surface area is 119 Å². The standard InChI is InChI=1S/C16H22N2S/c1-13-6-3-4-8-15(13)16(17)9-10-18(2)12-14-7-5-11-19-14/h3-8,11,16H,9-10,12,17H2,1-2H3. The van der Waals surface area contributed by atoms with Crippen LogP contribution >= 0.6 is 11.3 Å². The summed E-state index contributed by atoms with van der Waals surface area (Å²) in [6.45, 7) is 4.16. The van der Waals surface area contributed by atoms with Gasteiger partial charge in [-0.1, -0.05) is 30.3 Å². The summed E-state index contributed by atoms with van der Waals surface area (Å²) in [5.41, 5.74) is 8.85. The van der Waals surface area contributed by atoms with Crippen molar-refractivity contribution in [2.75, 3.05) is 13.6 Å². The van der Waals surface area contributed by atoms with Crippen LogP contribution in [0.25, 0.3) is 0 Å². The summed E-state index contributed by atoms with van der Waals surface area (Å²) in [7, 11) is 2.16. The van der Waals surface area contributed by atoms with Crippen LogP contribution in [-0.2, 0) is 6.54 Å². The Bertz CT molecular complexity index is 493. The van der Waals surface area contributed by atoms with Gasteiger partial charge in [0.05, 0.1) is 0 Å². The van der Waals surface area contributed by atoms with Crippen molar-refractivity contribution in [2.24, 2.45) is 5.73 Å². The molecule has 0 saturated heterocycles. The third-order valence-corrected chi connectivity index (χ3v) is 4.28. The number of nitrogens with two attached hydrogens (primary N) is 1. The van der Waals surface area contributed by atoms with E-state index in [1.807, 2.05) is 11.3 Å². The Balaban J connectivity index is 1.83. The molecule has 0 amide bonds. The second kappa shape index (κ2) is 6.85. The predicted molar refractivity (Wildman–Crippen MR) is 83.4 cm³/mol. The molecule has 0 spiro atoms. The van der Waals surface area contributed by atoms with Crippen LogP contribution in [-0.4, -0.2) is 18.5 Å². The number of nitrogens with zero attached hydrogens (tertiary/aromatic N) is 1. The fourth-order valence-corrected chi connectivity index (χ4v) is 3.05. The van der Waals surface area contributed by atoms with E-state index in [0.717, 1.165) is 19.5 Å². The Kier molecular flexibility index (Phi) is 5.14. The van der Waals surface area contributed by atoms with Crippen molar-refractivity contribution in [3.63, 3.8) is 0 Å². The zero-order valence-electron chi connectivity index (χ0n) is 11.7. The second-order valence-electron chi connectivity index (χ2n) is 5.07. The highest BCUT2D eigenvalue weighted by Gasteiger charge is 2.10. The number of benzene rings is 1. The Morgan fingerprint density at radius 2 is 2.00 bits per heavy atom.